The zero-order valence-electron chi connectivity index (χ0n) is 24.8. The summed E-state index contributed by atoms with van der Waals surface area (Å²) in [6, 6.07) is 0. The van der Waals surface area contributed by atoms with E-state index in [1.54, 1.807) is 0 Å². The first-order valence-electron chi connectivity index (χ1n) is 15.0. The van der Waals surface area contributed by atoms with Crippen LogP contribution in [0, 0.1) is 56.8 Å². The molecule has 2 bridgehead atoms. The lowest BCUT2D eigenvalue weighted by atomic mass is 9.30. The SMILES string of the molecule is [C-]#[N+]C1=C[C@]2(C)[C@H]3CC(=O)[C@]45[C@@H]6CC(C)(C)CC[C@@]6(CC[C@@]4(C)[C@]3(C)CC[C@H]2C(C)(C)C1=O)C(=O)N5CC. The van der Waals surface area contributed by atoms with Crippen molar-refractivity contribution in [2.45, 2.75) is 112 Å². The molecule has 6 rings (SSSR count). The van der Waals surface area contributed by atoms with Crippen LogP contribution in [0.3, 0.4) is 0 Å². The number of likely N-dealkylation sites (N-methyl/N-ethyl adjacent to an activating group) is 1. The molecule has 0 aromatic rings. The fraction of sp³-hybridized carbons (Fsp3) is 0.818. The molecular formula is C33H46N2O3. The Morgan fingerprint density at radius 2 is 1.58 bits per heavy atom. The summed E-state index contributed by atoms with van der Waals surface area (Å²) in [5.41, 5.74) is -2.35. The van der Waals surface area contributed by atoms with Gasteiger partial charge in [0.05, 0.1) is 12.0 Å². The molecule has 5 nitrogen and oxygen atoms in total. The molecule has 0 aromatic carbocycles. The van der Waals surface area contributed by atoms with Gasteiger partial charge in [-0.3, -0.25) is 9.59 Å². The molecule has 0 unspecified atom stereocenters. The lowest BCUT2D eigenvalue weighted by Crippen LogP contribution is -2.77. The lowest BCUT2D eigenvalue weighted by Gasteiger charge is -2.73. The van der Waals surface area contributed by atoms with Gasteiger partial charge < -0.3 is 9.69 Å². The van der Waals surface area contributed by atoms with Gasteiger partial charge in [0.2, 0.25) is 11.6 Å². The molecule has 1 amide bonds. The first-order chi connectivity index (χ1) is 17.5. The summed E-state index contributed by atoms with van der Waals surface area (Å²) < 4.78 is 0. The van der Waals surface area contributed by atoms with Crippen LogP contribution in [0.25, 0.3) is 4.85 Å². The number of allylic oxidation sites excluding steroid dienone is 2. The monoisotopic (exact) mass is 518 g/mol. The smallest absolute Gasteiger partial charge is 0.230 e. The Balaban J connectivity index is 1.58. The number of likely N-dealkylation sites (tertiary alicyclic amines) is 1. The zero-order valence-corrected chi connectivity index (χ0v) is 24.8. The predicted octanol–water partition coefficient (Wildman–Crippen LogP) is 6.62. The van der Waals surface area contributed by atoms with E-state index in [0.717, 1.165) is 44.9 Å². The predicted molar refractivity (Wildman–Crippen MR) is 147 cm³/mol. The van der Waals surface area contributed by atoms with E-state index in [4.69, 9.17) is 6.57 Å². The second-order valence-corrected chi connectivity index (χ2v) is 16.0. The molecule has 1 aliphatic heterocycles. The van der Waals surface area contributed by atoms with Gasteiger partial charge in [0, 0.05) is 29.7 Å². The van der Waals surface area contributed by atoms with E-state index in [1.807, 2.05) is 19.9 Å². The van der Waals surface area contributed by atoms with Crippen molar-refractivity contribution in [1.29, 1.82) is 0 Å². The molecule has 6 aliphatic rings. The van der Waals surface area contributed by atoms with Crippen LogP contribution in [0.1, 0.15) is 107 Å². The van der Waals surface area contributed by atoms with Crippen LogP contribution in [-0.4, -0.2) is 34.5 Å². The number of carbonyl (C=O) groups is 3. The fourth-order valence-corrected chi connectivity index (χ4v) is 12.1. The number of carbonyl (C=O) groups excluding carboxylic acids is 3. The van der Waals surface area contributed by atoms with Crippen molar-refractivity contribution in [3.8, 4) is 0 Å². The number of hydrogen-bond acceptors (Lipinski definition) is 3. The molecule has 4 saturated carbocycles. The summed E-state index contributed by atoms with van der Waals surface area (Å²) in [6.45, 7) is 26.2. The maximum atomic E-state index is 15.0. The summed E-state index contributed by atoms with van der Waals surface area (Å²) in [7, 11) is 0. The molecule has 1 saturated heterocycles. The number of nitrogens with zero attached hydrogens (tertiary/aromatic N) is 2. The van der Waals surface area contributed by atoms with Crippen molar-refractivity contribution >= 4 is 17.5 Å². The van der Waals surface area contributed by atoms with Crippen molar-refractivity contribution in [3.05, 3.63) is 23.2 Å². The highest BCUT2D eigenvalue weighted by atomic mass is 16.2. The summed E-state index contributed by atoms with van der Waals surface area (Å²) >= 11 is 0. The fourth-order valence-electron chi connectivity index (χ4n) is 12.1. The Morgan fingerprint density at radius 1 is 0.921 bits per heavy atom. The van der Waals surface area contributed by atoms with E-state index in [9.17, 15) is 9.59 Å². The van der Waals surface area contributed by atoms with Crippen LogP contribution >= 0.6 is 0 Å². The topological polar surface area (TPSA) is 58.8 Å². The van der Waals surface area contributed by atoms with Crippen LogP contribution < -0.4 is 0 Å². The molecule has 1 heterocycles. The van der Waals surface area contributed by atoms with Gasteiger partial charge in [-0.25, -0.2) is 4.85 Å². The summed E-state index contributed by atoms with van der Waals surface area (Å²) in [4.78, 5) is 48.5. The van der Waals surface area contributed by atoms with Gasteiger partial charge in [-0.05, 0) is 80.0 Å². The summed E-state index contributed by atoms with van der Waals surface area (Å²) in [5.74, 6) is 0.670. The van der Waals surface area contributed by atoms with Crippen LogP contribution in [0.4, 0.5) is 0 Å². The maximum absolute atomic E-state index is 15.0. The molecule has 0 aromatic heterocycles. The molecule has 38 heavy (non-hydrogen) atoms. The number of fused-ring (bicyclic) bond motifs is 4. The molecule has 206 valence electrons. The number of ketones is 2. The quantitative estimate of drug-likeness (QED) is 0.366. The van der Waals surface area contributed by atoms with E-state index in [2.05, 4.69) is 51.3 Å². The molecule has 5 heteroatoms. The van der Waals surface area contributed by atoms with Gasteiger partial charge in [0.1, 0.15) is 5.54 Å². The number of Topliss-reactive ketones (excluding diaryl/α,β-unsaturated/α-hetero) is 2. The van der Waals surface area contributed by atoms with E-state index in [-0.39, 0.29) is 62.6 Å². The third-order valence-electron chi connectivity index (χ3n) is 14.1. The number of rotatable bonds is 1. The van der Waals surface area contributed by atoms with Gasteiger partial charge in [0.15, 0.2) is 11.6 Å². The molecule has 5 aliphatic carbocycles. The van der Waals surface area contributed by atoms with Gasteiger partial charge in [-0.15, -0.1) is 0 Å². The number of hydrogen-bond donors (Lipinski definition) is 0. The Morgan fingerprint density at radius 3 is 2.21 bits per heavy atom. The molecular weight excluding hydrogens is 472 g/mol. The number of amides is 1. The Kier molecular flexibility index (Phi) is 4.99. The van der Waals surface area contributed by atoms with Crippen molar-refractivity contribution in [2.75, 3.05) is 6.54 Å². The molecule has 0 radical (unpaired) electrons. The maximum Gasteiger partial charge on any atom is 0.230 e. The Labute approximate surface area is 229 Å². The highest BCUT2D eigenvalue weighted by Gasteiger charge is 2.83. The standard InChI is InChI=1S/C33H46N2O3/c1-10-35-26(38)32-15-13-27(2,3)19-23(32)33(35)24(36)17-22-29(6)18-20(34-9)25(37)28(4,5)21(29)11-12-30(22,7)31(33,8)14-16-32/h18,21-23H,10-17,19H2,1-8H3/t21-,22+,23+,29-,30+,31-,32-,33+/m0/s1. The van der Waals surface area contributed by atoms with Gasteiger partial charge in [-0.1, -0.05) is 54.5 Å². The van der Waals surface area contributed by atoms with E-state index in [0.29, 0.717) is 13.0 Å². The molecule has 8 atom stereocenters. The highest BCUT2D eigenvalue weighted by Crippen LogP contribution is 2.80. The summed E-state index contributed by atoms with van der Waals surface area (Å²) in [6.07, 6.45) is 8.92. The third kappa shape index (κ3) is 2.49. The minimum absolute atomic E-state index is 0.0412. The summed E-state index contributed by atoms with van der Waals surface area (Å²) in [5, 5.41) is 0. The van der Waals surface area contributed by atoms with Gasteiger partial charge in [0.25, 0.3) is 0 Å². The first kappa shape index (κ1) is 26.3. The minimum Gasteiger partial charge on any atom is -0.329 e. The molecule has 5 fully saturated rings. The second kappa shape index (κ2) is 7.21. The first-order valence-corrected chi connectivity index (χ1v) is 15.0. The van der Waals surface area contributed by atoms with Crippen molar-refractivity contribution < 1.29 is 14.4 Å². The normalized spacial score (nSPS) is 50.3. The minimum atomic E-state index is -0.754. The van der Waals surface area contributed by atoms with Gasteiger partial charge in [-0.2, -0.15) is 0 Å². The van der Waals surface area contributed by atoms with Crippen LogP contribution in [0.2, 0.25) is 0 Å². The van der Waals surface area contributed by atoms with E-state index in [1.165, 1.54) is 0 Å². The Hall–Kier alpha value is -1.96. The zero-order chi connectivity index (χ0) is 27.9. The average molecular weight is 519 g/mol. The van der Waals surface area contributed by atoms with Crippen LogP contribution in [-0.2, 0) is 14.4 Å². The van der Waals surface area contributed by atoms with Gasteiger partial charge >= 0.3 is 0 Å². The van der Waals surface area contributed by atoms with E-state index < -0.39 is 16.4 Å². The van der Waals surface area contributed by atoms with Crippen LogP contribution in [0.5, 0.6) is 0 Å². The second-order valence-electron chi connectivity index (χ2n) is 16.0. The largest absolute Gasteiger partial charge is 0.329 e. The average Bonchev–Trinajstić information content (AvgIpc) is 3.00. The molecule has 1 spiro atoms. The van der Waals surface area contributed by atoms with Crippen molar-refractivity contribution in [1.82, 2.24) is 4.90 Å². The van der Waals surface area contributed by atoms with Crippen molar-refractivity contribution in [3.63, 3.8) is 0 Å². The third-order valence-corrected chi connectivity index (χ3v) is 14.1. The van der Waals surface area contributed by atoms with Crippen molar-refractivity contribution in [2.24, 2.45) is 50.2 Å². The van der Waals surface area contributed by atoms with Crippen LogP contribution in [0.15, 0.2) is 11.8 Å². The Bertz CT molecular complexity index is 1240. The lowest BCUT2D eigenvalue weighted by molar-refractivity contribution is -0.233. The molecule has 0 N–H and O–H groups in total. The highest BCUT2D eigenvalue weighted by molar-refractivity contribution is 6.03. The van der Waals surface area contributed by atoms with E-state index >= 15 is 4.79 Å².